The van der Waals surface area contributed by atoms with E-state index in [1.807, 2.05) is 42.2 Å². The SMILES string of the molecule is CC(=O)/C(=N\Nc1ccc2c(C)cc(=O)oc2c1)N1CCN(c2ccccc2)CC1. The number of ketones is 1. The molecule has 7 heteroatoms. The van der Waals surface area contributed by atoms with Gasteiger partial charge in [-0.15, -0.1) is 0 Å². The second-order valence-corrected chi connectivity index (χ2v) is 7.37. The lowest BCUT2D eigenvalue weighted by atomic mass is 10.1. The highest BCUT2D eigenvalue weighted by Crippen LogP contribution is 2.21. The number of hydrogen-bond donors (Lipinski definition) is 1. The summed E-state index contributed by atoms with van der Waals surface area (Å²) < 4.78 is 5.28. The smallest absolute Gasteiger partial charge is 0.336 e. The molecule has 4 rings (SSSR count). The van der Waals surface area contributed by atoms with E-state index in [2.05, 4.69) is 27.6 Å². The van der Waals surface area contributed by atoms with Gasteiger partial charge in [-0.05, 0) is 36.8 Å². The first kappa shape index (κ1) is 19.7. The normalized spacial score (nSPS) is 14.8. The number of rotatable bonds is 4. The molecule has 0 saturated carbocycles. The van der Waals surface area contributed by atoms with Crippen molar-refractivity contribution in [2.24, 2.45) is 5.10 Å². The third-order valence-electron chi connectivity index (χ3n) is 5.26. The molecule has 1 aliphatic rings. The Labute approximate surface area is 174 Å². The number of hydrazone groups is 1. The zero-order valence-electron chi connectivity index (χ0n) is 17.1. The van der Waals surface area contributed by atoms with E-state index >= 15 is 0 Å². The quantitative estimate of drug-likeness (QED) is 0.311. The van der Waals surface area contributed by atoms with E-state index < -0.39 is 0 Å². The summed E-state index contributed by atoms with van der Waals surface area (Å²) in [5, 5.41) is 5.24. The predicted molar refractivity (Wildman–Crippen MR) is 119 cm³/mol. The van der Waals surface area contributed by atoms with Gasteiger partial charge >= 0.3 is 5.63 Å². The molecule has 0 atom stereocenters. The maximum Gasteiger partial charge on any atom is 0.336 e. The lowest BCUT2D eigenvalue weighted by molar-refractivity contribution is -0.111. The number of amidine groups is 1. The molecule has 1 fully saturated rings. The number of anilines is 2. The van der Waals surface area contributed by atoms with E-state index in [-0.39, 0.29) is 11.4 Å². The van der Waals surface area contributed by atoms with E-state index in [9.17, 15) is 9.59 Å². The molecule has 0 spiro atoms. The number of nitrogens with zero attached hydrogens (tertiary/aromatic N) is 3. The fourth-order valence-corrected chi connectivity index (χ4v) is 3.70. The minimum atomic E-state index is -0.388. The summed E-state index contributed by atoms with van der Waals surface area (Å²) in [5.41, 5.74) is 5.74. The van der Waals surface area contributed by atoms with Gasteiger partial charge in [0.2, 0.25) is 0 Å². The van der Waals surface area contributed by atoms with Gasteiger partial charge in [-0.25, -0.2) is 4.79 Å². The van der Waals surface area contributed by atoms with Crippen molar-refractivity contribution in [3.05, 3.63) is 70.6 Å². The number of hydrogen-bond acceptors (Lipinski definition) is 6. The summed E-state index contributed by atoms with van der Waals surface area (Å²) >= 11 is 0. The molecule has 7 nitrogen and oxygen atoms in total. The van der Waals surface area contributed by atoms with Gasteiger partial charge in [0.15, 0.2) is 11.6 Å². The largest absolute Gasteiger partial charge is 0.423 e. The molecule has 0 radical (unpaired) electrons. The molecule has 1 N–H and O–H groups in total. The maximum absolute atomic E-state index is 12.2. The van der Waals surface area contributed by atoms with E-state index in [1.54, 1.807) is 6.07 Å². The van der Waals surface area contributed by atoms with Crippen LogP contribution in [0.1, 0.15) is 12.5 Å². The number of benzene rings is 2. The van der Waals surface area contributed by atoms with Crippen LogP contribution in [-0.2, 0) is 4.79 Å². The third-order valence-corrected chi connectivity index (χ3v) is 5.26. The number of Topliss-reactive ketones (excluding diaryl/α,β-unsaturated/α-hetero) is 1. The van der Waals surface area contributed by atoms with Crippen LogP contribution in [0.15, 0.2) is 68.9 Å². The Hall–Kier alpha value is -3.61. The van der Waals surface area contributed by atoms with Crippen LogP contribution in [0.25, 0.3) is 11.0 Å². The second-order valence-electron chi connectivity index (χ2n) is 7.37. The van der Waals surface area contributed by atoms with E-state index in [0.29, 0.717) is 30.2 Å². The minimum absolute atomic E-state index is 0.0983. The summed E-state index contributed by atoms with van der Waals surface area (Å²) in [4.78, 5) is 28.2. The van der Waals surface area contributed by atoms with Crippen LogP contribution in [0.4, 0.5) is 11.4 Å². The lowest BCUT2D eigenvalue weighted by Gasteiger charge is -2.37. The first-order chi connectivity index (χ1) is 14.5. The average Bonchev–Trinajstić information content (AvgIpc) is 2.74. The molecular formula is C23H24N4O3. The highest BCUT2D eigenvalue weighted by Gasteiger charge is 2.22. The molecule has 2 heterocycles. The van der Waals surface area contributed by atoms with Gasteiger partial charge in [0, 0.05) is 56.3 Å². The number of nitrogens with one attached hydrogen (secondary N) is 1. The number of carbonyl (C=O) groups excluding carboxylic acids is 1. The first-order valence-electron chi connectivity index (χ1n) is 9.95. The van der Waals surface area contributed by atoms with Gasteiger partial charge < -0.3 is 14.2 Å². The Kier molecular flexibility index (Phi) is 5.52. The molecule has 1 saturated heterocycles. The van der Waals surface area contributed by atoms with Gasteiger partial charge in [0.25, 0.3) is 0 Å². The van der Waals surface area contributed by atoms with E-state index in [4.69, 9.17) is 4.42 Å². The molecule has 1 aromatic heterocycles. The van der Waals surface area contributed by atoms with Gasteiger partial charge in [0.05, 0.1) is 5.69 Å². The van der Waals surface area contributed by atoms with Crippen LogP contribution in [0.3, 0.4) is 0 Å². The number of fused-ring (bicyclic) bond motifs is 1. The molecule has 30 heavy (non-hydrogen) atoms. The number of piperazine rings is 1. The van der Waals surface area contributed by atoms with Gasteiger partial charge in [-0.2, -0.15) is 5.10 Å². The number of carbonyl (C=O) groups is 1. The molecule has 154 valence electrons. The summed E-state index contributed by atoms with van der Waals surface area (Å²) in [6.45, 7) is 6.44. The van der Waals surface area contributed by atoms with Crippen LogP contribution in [0.2, 0.25) is 0 Å². The molecule has 1 aliphatic heterocycles. The molecule has 0 amide bonds. The Morgan fingerprint density at radius 1 is 1.03 bits per heavy atom. The van der Waals surface area contributed by atoms with Crippen molar-refractivity contribution in [2.75, 3.05) is 36.5 Å². The summed E-state index contributed by atoms with van der Waals surface area (Å²) in [7, 11) is 0. The standard InChI is InChI=1S/C23H24N4O3/c1-16-14-22(29)30-21-15-18(8-9-20(16)21)24-25-23(17(2)28)27-12-10-26(11-13-27)19-6-4-3-5-7-19/h3-9,14-15,24H,10-13H2,1-2H3/b25-23+. The summed E-state index contributed by atoms with van der Waals surface area (Å²) in [6, 6.07) is 17.2. The van der Waals surface area contributed by atoms with Crippen LogP contribution in [-0.4, -0.2) is 42.7 Å². The van der Waals surface area contributed by atoms with E-state index in [0.717, 1.165) is 24.0 Å². The van der Waals surface area contributed by atoms with Crippen LogP contribution < -0.4 is 16.0 Å². The van der Waals surface area contributed by atoms with Crippen molar-refractivity contribution in [3.63, 3.8) is 0 Å². The lowest BCUT2D eigenvalue weighted by Crippen LogP contribution is -2.50. The molecular weight excluding hydrogens is 380 g/mol. The van der Waals surface area contributed by atoms with E-state index in [1.165, 1.54) is 18.7 Å². The minimum Gasteiger partial charge on any atom is -0.423 e. The van der Waals surface area contributed by atoms with Crippen LogP contribution >= 0.6 is 0 Å². The topological polar surface area (TPSA) is 78.1 Å². The van der Waals surface area contributed by atoms with Crippen molar-refractivity contribution in [3.8, 4) is 0 Å². The Morgan fingerprint density at radius 2 is 1.77 bits per heavy atom. The van der Waals surface area contributed by atoms with Crippen LogP contribution in [0.5, 0.6) is 0 Å². The van der Waals surface area contributed by atoms with Crippen molar-refractivity contribution in [1.82, 2.24) is 4.90 Å². The average molecular weight is 404 g/mol. The Bertz CT molecular complexity index is 1150. The zero-order chi connectivity index (χ0) is 21.1. The zero-order valence-corrected chi connectivity index (χ0v) is 17.1. The summed E-state index contributed by atoms with van der Waals surface area (Å²) in [5.74, 6) is 0.298. The van der Waals surface area contributed by atoms with Crippen molar-refractivity contribution >= 4 is 34.0 Å². The predicted octanol–water partition coefficient (Wildman–Crippen LogP) is 3.24. The third kappa shape index (κ3) is 4.20. The maximum atomic E-state index is 12.2. The van der Waals surface area contributed by atoms with Crippen molar-refractivity contribution in [1.29, 1.82) is 0 Å². The van der Waals surface area contributed by atoms with Gasteiger partial charge in [-0.1, -0.05) is 18.2 Å². The van der Waals surface area contributed by atoms with Crippen LogP contribution in [0, 0.1) is 6.92 Å². The fraction of sp³-hybridized carbons (Fsp3) is 0.261. The Morgan fingerprint density at radius 3 is 2.47 bits per heavy atom. The Balaban J connectivity index is 1.49. The summed E-state index contributed by atoms with van der Waals surface area (Å²) in [6.07, 6.45) is 0. The second kappa shape index (κ2) is 8.41. The first-order valence-corrected chi connectivity index (χ1v) is 9.95. The monoisotopic (exact) mass is 404 g/mol. The number of aryl methyl sites for hydroxylation is 1. The highest BCUT2D eigenvalue weighted by atomic mass is 16.4. The fourth-order valence-electron chi connectivity index (χ4n) is 3.70. The van der Waals surface area contributed by atoms with Crippen molar-refractivity contribution < 1.29 is 9.21 Å². The van der Waals surface area contributed by atoms with Gasteiger partial charge in [0.1, 0.15) is 5.58 Å². The van der Waals surface area contributed by atoms with Crippen molar-refractivity contribution in [2.45, 2.75) is 13.8 Å². The molecule has 0 aliphatic carbocycles. The molecule has 2 aromatic carbocycles. The van der Waals surface area contributed by atoms with Gasteiger partial charge in [-0.3, -0.25) is 10.2 Å². The molecule has 0 unspecified atom stereocenters. The molecule has 0 bridgehead atoms. The highest BCUT2D eigenvalue weighted by molar-refractivity contribution is 6.38. The molecule has 3 aromatic rings. The number of para-hydroxylation sites is 1.